The van der Waals surface area contributed by atoms with E-state index in [9.17, 15) is 0 Å². The first-order valence-corrected chi connectivity index (χ1v) is 8.08. The van der Waals surface area contributed by atoms with Crippen LogP contribution >= 0.6 is 0 Å². The van der Waals surface area contributed by atoms with Gasteiger partial charge in [0, 0.05) is 6.04 Å². The molecule has 1 aliphatic rings. The van der Waals surface area contributed by atoms with Gasteiger partial charge in [0.25, 0.3) is 0 Å². The Kier molecular flexibility index (Phi) is 8.78. The number of nitrogens with one attached hydrogen (secondary N) is 1. The zero-order valence-corrected chi connectivity index (χ0v) is 12.1. The van der Waals surface area contributed by atoms with Crippen LogP contribution in [0.2, 0.25) is 0 Å². The molecule has 1 heteroatoms. The Morgan fingerprint density at radius 3 is 1.65 bits per heavy atom. The SMILES string of the molecule is CCNC(C)C1CCCCCCCCCCC1. The lowest BCUT2D eigenvalue weighted by atomic mass is 9.88. The van der Waals surface area contributed by atoms with Gasteiger partial charge in [-0.2, -0.15) is 0 Å². The maximum Gasteiger partial charge on any atom is 0.00668 e. The highest BCUT2D eigenvalue weighted by Crippen LogP contribution is 2.23. The predicted octanol–water partition coefficient (Wildman–Crippen LogP) is 4.91. The fraction of sp³-hybridized carbons (Fsp3) is 1.00. The summed E-state index contributed by atoms with van der Waals surface area (Å²) in [5, 5.41) is 3.63. The maximum atomic E-state index is 3.63. The summed E-state index contributed by atoms with van der Waals surface area (Å²) in [5.74, 6) is 0.925. The minimum absolute atomic E-state index is 0.725. The monoisotopic (exact) mass is 239 g/mol. The molecule has 0 heterocycles. The minimum Gasteiger partial charge on any atom is -0.314 e. The van der Waals surface area contributed by atoms with E-state index in [2.05, 4.69) is 19.2 Å². The molecule has 1 rings (SSSR count). The summed E-state index contributed by atoms with van der Waals surface area (Å²) in [4.78, 5) is 0. The molecule has 0 amide bonds. The Labute approximate surface area is 109 Å². The molecule has 102 valence electrons. The first-order valence-electron chi connectivity index (χ1n) is 8.08. The van der Waals surface area contributed by atoms with Crippen molar-refractivity contribution in [3.8, 4) is 0 Å². The van der Waals surface area contributed by atoms with Crippen LogP contribution in [0.25, 0.3) is 0 Å². The first kappa shape index (κ1) is 15.0. The lowest BCUT2D eigenvalue weighted by molar-refractivity contribution is 0.313. The Hall–Kier alpha value is -0.0400. The molecule has 1 nitrogen and oxygen atoms in total. The Balaban J connectivity index is 2.31. The predicted molar refractivity (Wildman–Crippen MR) is 77.4 cm³/mol. The van der Waals surface area contributed by atoms with Gasteiger partial charge in [0.2, 0.25) is 0 Å². The highest BCUT2D eigenvalue weighted by atomic mass is 14.9. The second-order valence-corrected chi connectivity index (χ2v) is 5.87. The molecule has 1 saturated carbocycles. The molecule has 1 unspecified atom stereocenters. The fourth-order valence-electron chi connectivity index (χ4n) is 3.18. The minimum atomic E-state index is 0.725. The molecule has 0 aromatic rings. The highest BCUT2D eigenvalue weighted by Gasteiger charge is 2.15. The lowest BCUT2D eigenvalue weighted by Crippen LogP contribution is -2.33. The normalized spacial score (nSPS) is 23.6. The molecule has 0 radical (unpaired) electrons. The van der Waals surface area contributed by atoms with E-state index in [0.717, 1.165) is 18.5 Å². The lowest BCUT2D eigenvalue weighted by Gasteiger charge is -2.25. The van der Waals surface area contributed by atoms with Crippen molar-refractivity contribution in [3.05, 3.63) is 0 Å². The van der Waals surface area contributed by atoms with Gasteiger partial charge in [-0.15, -0.1) is 0 Å². The third-order valence-electron chi connectivity index (χ3n) is 4.38. The molecule has 1 atom stereocenters. The van der Waals surface area contributed by atoms with Crippen molar-refractivity contribution in [3.63, 3.8) is 0 Å². The van der Waals surface area contributed by atoms with Gasteiger partial charge in [-0.3, -0.25) is 0 Å². The highest BCUT2D eigenvalue weighted by molar-refractivity contribution is 4.72. The van der Waals surface area contributed by atoms with Crippen molar-refractivity contribution in [2.45, 2.75) is 90.5 Å². The summed E-state index contributed by atoms with van der Waals surface area (Å²) in [7, 11) is 0. The van der Waals surface area contributed by atoms with E-state index in [1.54, 1.807) is 0 Å². The van der Waals surface area contributed by atoms with E-state index >= 15 is 0 Å². The van der Waals surface area contributed by atoms with Crippen LogP contribution < -0.4 is 5.32 Å². The Morgan fingerprint density at radius 1 is 0.824 bits per heavy atom. The van der Waals surface area contributed by atoms with Crippen LogP contribution in [0.5, 0.6) is 0 Å². The second kappa shape index (κ2) is 9.94. The molecule has 0 saturated heterocycles. The topological polar surface area (TPSA) is 12.0 Å². The molecule has 0 bridgehead atoms. The smallest absolute Gasteiger partial charge is 0.00668 e. The fourth-order valence-corrected chi connectivity index (χ4v) is 3.18. The number of rotatable bonds is 3. The van der Waals surface area contributed by atoms with Crippen LogP contribution in [0.4, 0.5) is 0 Å². The second-order valence-electron chi connectivity index (χ2n) is 5.87. The van der Waals surface area contributed by atoms with Crippen LogP contribution in [0.3, 0.4) is 0 Å². The van der Waals surface area contributed by atoms with Gasteiger partial charge in [-0.25, -0.2) is 0 Å². The quantitative estimate of drug-likeness (QED) is 0.738. The van der Waals surface area contributed by atoms with E-state index in [-0.39, 0.29) is 0 Å². The van der Waals surface area contributed by atoms with Gasteiger partial charge in [0.1, 0.15) is 0 Å². The van der Waals surface area contributed by atoms with Gasteiger partial charge < -0.3 is 5.32 Å². The van der Waals surface area contributed by atoms with Crippen LogP contribution in [0, 0.1) is 5.92 Å². The molecule has 17 heavy (non-hydrogen) atoms. The maximum absolute atomic E-state index is 3.63. The average Bonchev–Trinajstić information content (AvgIpc) is 2.30. The summed E-state index contributed by atoms with van der Waals surface area (Å²) in [6.07, 6.45) is 16.1. The molecule has 0 aromatic heterocycles. The van der Waals surface area contributed by atoms with E-state index in [0.29, 0.717) is 0 Å². The molecule has 0 aliphatic heterocycles. The summed E-state index contributed by atoms with van der Waals surface area (Å²) < 4.78 is 0. The van der Waals surface area contributed by atoms with E-state index in [1.165, 1.54) is 70.6 Å². The summed E-state index contributed by atoms with van der Waals surface area (Å²) in [5.41, 5.74) is 0. The van der Waals surface area contributed by atoms with Gasteiger partial charge in [-0.05, 0) is 32.2 Å². The first-order chi connectivity index (χ1) is 8.34. The molecular weight excluding hydrogens is 206 g/mol. The van der Waals surface area contributed by atoms with Crippen LogP contribution in [0.15, 0.2) is 0 Å². The summed E-state index contributed by atoms with van der Waals surface area (Å²) in [6, 6.07) is 0.725. The molecule has 0 aromatic carbocycles. The van der Waals surface area contributed by atoms with Crippen molar-refractivity contribution < 1.29 is 0 Å². The van der Waals surface area contributed by atoms with Crippen molar-refractivity contribution in [2.75, 3.05) is 6.54 Å². The van der Waals surface area contributed by atoms with Gasteiger partial charge in [0.05, 0.1) is 0 Å². The zero-order valence-electron chi connectivity index (χ0n) is 12.1. The van der Waals surface area contributed by atoms with Crippen molar-refractivity contribution in [2.24, 2.45) is 5.92 Å². The largest absolute Gasteiger partial charge is 0.314 e. The molecule has 0 spiro atoms. The van der Waals surface area contributed by atoms with E-state index < -0.39 is 0 Å². The van der Waals surface area contributed by atoms with Gasteiger partial charge >= 0.3 is 0 Å². The summed E-state index contributed by atoms with van der Waals surface area (Å²) >= 11 is 0. The zero-order chi connectivity index (χ0) is 12.3. The third-order valence-corrected chi connectivity index (χ3v) is 4.38. The van der Waals surface area contributed by atoms with E-state index in [1.807, 2.05) is 0 Å². The molecule has 1 fully saturated rings. The van der Waals surface area contributed by atoms with Crippen LogP contribution in [-0.4, -0.2) is 12.6 Å². The summed E-state index contributed by atoms with van der Waals surface area (Å²) in [6.45, 7) is 5.74. The standard InChI is InChI=1S/C16H33N/c1-3-17-15(2)16-13-11-9-7-5-4-6-8-10-12-14-16/h15-17H,3-14H2,1-2H3. The molecular formula is C16H33N. The molecule has 1 N–H and O–H groups in total. The number of hydrogen-bond acceptors (Lipinski definition) is 1. The van der Waals surface area contributed by atoms with E-state index in [4.69, 9.17) is 0 Å². The van der Waals surface area contributed by atoms with Crippen molar-refractivity contribution >= 4 is 0 Å². The Bertz CT molecular complexity index is 155. The van der Waals surface area contributed by atoms with Crippen LogP contribution in [-0.2, 0) is 0 Å². The van der Waals surface area contributed by atoms with Crippen LogP contribution in [0.1, 0.15) is 84.5 Å². The van der Waals surface area contributed by atoms with Crippen molar-refractivity contribution in [1.29, 1.82) is 0 Å². The van der Waals surface area contributed by atoms with Crippen molar-refractivity contribution in [1.82, 2.24) is 5.32 Å². The van der Waals surface area contributed by atoms with Gasteiger partial charge in [0.15, 0.2) is 0 Å². The number of hydrogen-bond donors (Lipinski definition) is 1. The third kappa shape index (κ3) is 7.08. The average molecular weight is 239 g/mol. The Morgan fingerprint density at radius 2 is 1.24 bits per heavy atom. The molecule has 1 aliphatic carbocycles. The van der Waals surface area contributed by atoms with Gasteiger partial charge in [-0.1, -0.05) is 64.7 Å².